The third-order valence-electron chi connectivity index (χ3n) is 5.27. The van der Waals surface area contributed by atoms with Gasteiger partial charge in [0.25, 0.3) is 15.6 Å². The molecule has 1 aromatic heterocycles. The van der Waals surface area contributed by atoms with E-state index in [1.165, 1.54) is 6.92 Å². The third-order valence-corrected chi connectivity index (χ3v) is 8.96. The first kappa shape index (κ1) is 24.4. The summed E-state index contributed by atoms with van der Waals surface area (Å²) in [5, 5.41) is 10.1. The van der Waals surface area contributed by atoms with E-state index in [9.17, 15) is 39.9 Å². The van der Waals surface area contributed by atoms with E-state index in [0.29, 0.717) is 10.7 Å². The van der Waals surface area contributed by atoms with Gasteiger partial charge >= 0.3 is 12.4 Å². The van der Waals surface area contributed by atoms with Gasteiger partial charge in [0, 0.05) is 18.5 Å². The smallest absolute Gasteiger partial charge is 0.373 e. The number of sulfonamides is 1. The quantitative estimate of drug-likeness (QED) is 0.658. The lowest BCUT2D eigenvalue weighted by Crippen LogP contribution is -2.62. The molecule has 1 N–H and O–H groups in total. The first-order chi connectivity index (χ1) is 13.1. The van der Waals surface area contributed by atoms with Gasteiger partial charge in [-0.1, -0.05) is 6.92 Å². The Hall–Kier alpha value is -0.920. The Morgan fingerprint density at radius 2 is 1.55 bits per heavy atom. The normalized spacial score (nSPS) is 22.3. The molecule has 2 rings (SSSR count). The maximum Gasteiger partial charge on any atom is 0.426 e. The molecule has 13 heteroatoms. The van der Waals surface area contributed by atoms with E-state index in [1.54, 1.807) is 13.8 Å². The van der Waals surface area contributed by atoms with E-state index in [0.717, 1.165) is 15.6 Å². The maximum atomic E-state index is 13.1. The van der Waals surface area contributed by atoms with Gasteiger partial charge in [-0.05, 0) is 39.5 Å². The van der Waals surface area contributed by atoms with Crippen molar-refractivity contribution in [2.24, 2.45) is 5.92 Å². The number of thiazole rings is 1. The van der Waals surface area contributed by atoms with Gasteiger partial charge in [0.1, 0.15) is 0 Å². The highest BCUT2D eigenvalue weighted by Gasteiger charge is 2.73. The molecule has 1 saturated carbocycles. The van der Waals surface area contributed by atoms with Crippen molar-refractivity contribution in [3.8, 4) is 0 Å². The Kier molecular flexibility index (Phi) is 6.69. The highest BCUT2D eigenvalue weighted by Crippen LogP contribution is 2.52. The summed E-state index contributed by atoms with van der Waals surface area (Å²) in [4.78, 5) is 4.07. The Morgan fingerprint density at radius 1 is 1.07 bits per heavy atom. The number of hydrogen-bond donors (Lipinski definition) is 1. The van der Waals surface area contributed by atoms with E-state index in [2.05, 4.69) is 4.98 Å². The van der Waals surface area contributed by atoms with Crippen LogP contribution in [0.1, 0.15) is 43.3 Å². The molecule has 0 atom stereocenters. The topological polar surface area (TPSA) is 70.5 Å². The van der Waals surface area contributed by atoms with Crippen LogP contribution in [0, 0.1) is 19.8 Å². The fourth-order valence-electron chi connectivity index (χ4n) is 3.89. The summed E-state index contributed by atoms with van der Waals surface area (Å²) in [7, 11) is -3.99. The van der Waals surface area contributed by atoms with Crippen molar-refractivity contribution >= 4 is 21.4 Å². The first-order valence-corrected chi connectivity index (χ1v) is 11.1. The molecule has 0 spiro atoms. The molecule has 1 aliphatic carbocycles. The average Bonchev–Trinajstić information content (AvgIpc) is 2.92. The van der Waals surface area contributed by atoms with Gasteiger partial charge in [0.2, 0.25) is 0 Å². The number of alkyl halides is 6. The molecule has 1 aromatic rings. The van der Waals surface area contributed by atoms with Crippen molar-refractivity contribution in [1.82, 2.24) is 9.29 Å². The summed E-state index contributed by atoms with van der Waals surface area (Å²) in [5.74, 6) is -2.09. The highest BCUT2D eigenvalue weighted by atomic mass is 32.2. The second-order valence-corrected chi connectivity index (χ2v) is 10.4. The van der Waals surface area contributed by atoms with E-state index in [-0.39, 0.29) is 23.6 Å². The predicted molar refractivity (Wildman–Crippen MR) is 94.0 cm³/mol. The maximum absolute atomic E-state index is 13.1. The molecule has 0 radical (unpaired) electrons. The van der Waals surface area contributed by atoms with Crippen LogP contribution >= 0.6 is 11.3 Å². The second-order valence-electron chi connectivity index (χ2n) is 7.08. The SMILES string of the molecule is CCN(C1CCC(C(O)(C(F)(F)F)C(F)(F)F)CC1)S(=O)(=O)c1sc(C)nc1C. The molecule has 0 aromatic carbocycles. The zero-order valence-corrected chi connectivity index (χ0v) is 17.6. The zero-order valence-electron chi connectivity index (χ0n) is 15.9. The van der Waals surface area contributed by atoms with Crippen LogP contribution < -0.4 is 0 Å². The summed E-state index contributed by atoms with van der Waals surface area (Å²) in [6, 6.07) is -0.756. The van der Waals surface area contributed by atoms with E-state index < -0.39 is 52.8 Å². The number of nitrogens with zero attached hydrogens (tertiary/aromatic N) is 2. The largest absolute Gasteiger partial charge is 0.426 e. The van der Waals surface area contributed by atoms with Crippen molar-refractivity contribution < 1.29 is 39.9 Å². The summed E-state index contributed by atoms with van der Waals surface area (Å²) in [6.45, 7) is 4.71. The van der Waals surface area contributed by atoms with Crippen LogP contribution in [-0.2, 0) is 10.0 Å². The fourth-order valence-corrected chi connectivity index (χ4v) is 7.18. The summed E-state index contributed by atoms with van der Waals surface area (Å²) < 4.78 is 106. The molecule has 5 nitrogen and oxygen atoms in total. The molecule has 0 amide bonds. The lowest BCUT2D eigenvalue weighted by Gasteiger charge is -2.43. The van der Waals surface area contributed by atoms with Crippen LogP contribution in [0.3, 0.4) is 0 Å². The molecular weight excluding hydrogens is 446 g/mol. The Labute approximate surface area is 168 Å². The molecule has 168 valence electrons. The Morgan fingerprint density at radius 3 is 1.90 bits per heavy atom. The standard InChI is InChI=1S/C16H22F6N2O3S2/c1-4-24(29(26,27)13-9(2)23-10(3)28-13)12-7-5-11(6-8-12)14(25,15(17,18)19)16(20,21)22/h11-12,25H,4-8H2,1-3H3. The number of aromatic nitrogens is 1. The van der Waals surface area contributed by atoms with Crippen LogP contribution in [0.2, 0.25) is 0 Å². The summed E-state index contributed by atoms with van der Waals surface area (Å²) in [6.07, 6.45) is -13.4. The number of hydrogen-bond acceptors (Lipinski definition) is 5. The van der Waals surface area contributed by atoms with E-state index in [1.807, 2.05) is 0 Å². The molecule has 1 heterocycles. The predicted octanol–water partition coefficient (Wildman–Crippen LogP) is 4.19. The fraction of sp³-hybridized carbons (Fsp3) is 0.812. The summed E-state index contributed by atoms with van der Waals surface area (Å²) >= 11 is 0.962. The van der Waals surface area contributed by atoms with Crippen LogP contribution in [0.15, 0.2) is 4.21 Å². The molecule has 0 saturated heterocycles. The minimum atomic E-state index is -5.88. The van der Waals surface area contributed by atoms with E-state index in [4.69, 9.17) is 0 Å². The molecule has 1 fully saturated rings. The molecule has 29 heavy (non-hydrogen) atoms. The van der Waals surface area contributed by atoms with Gasteiger partial charge in [-0.2, -0.15) is 30.6 Å². The van der Waals surface area contributed by atoms with Gasteiger partial charge in [-0.15, -0.1) is 11.3 Å². The number of rotatable bonds is 5. The van der Waals surface area contributed by atoms with Crippen molar-refractivity contribution in [2.45, 2.75) is 74.7 Å². The zero-order chi connectivity index (χ0) is 22.4. The van der Waals surface area contributed by atoms with Gasteiger partial charge in [0.15, 0.2) is 4.21 Å². The number of aliphatic hydroxyl groups is 1. The van der Waals surface area contributed by atoms with Crippen LogP contribution in [0.25, 0.3) is 0 Å². The highest BCUT2D eigenvalue weighted by molar-refractivity contribution is 7.91. The molecule has 1 aliphatic rings. The lowest BCUT2D eigenvalue weighted by molar-refractivity contribution is -0.387. The van der Waals surface area contributed by atoms with Gasteiger partial charge in [0.05, 0.1) is 10.7 Å². The first-order valence-electron chi connectivity index (χ1n) is 8.89. The lowest BCUT2D eigenvalue weighted by atomic mass is 9.74. The number of aryl methyl sites for hydroxylation is 2. The molecule has 0 bridgehead atoms. The Balaban J connectivity index is 2.26. The van der Waals surface area contributed by atoms with Crippen molar-refractivity contribution in [3.05, 3.63) is 10.7 Å². The molecule has 0 unspecified atom stereocenters. The van der Waals surface area contributed by atoms with Gasteiger partial charge < -0.3 is 5.11 Å². The summed E-state index contributed by atoms with van der Waals surface area (Å²) in [5.41, 5.74) is -4.52. The van der Waals surface area contributed by atoms with Crippen LogP contribution in [0.5, 0.6) is 0 Å². The van der Waals surface area contributed by atoms with Crippen molar-refractivity contribution in [3.63, 3.8) is 0 Å². The van der Waals surface area contributed by atoms with E-state index >= 15 is 0 Å². The number of halogens is 6. The van der Waals surface area contributed by atoms with Crippen molar-refractivity contribution in [2.75, 3.05) is 6.54 Å². The van der Waals surface area contributed by atoms with Gasteiger partial charge in [-0.3, -0.25) is 0 Å². The monoisotopic (exact) mass is 468 g/mol. The second kappa shape index (κ2) is 7.97. The Bertz CT molecular complexity index is 813. The van der Waals surface area contributed by atoms with Crippen LogP contribution in [-0.4, -0.2) is 53.4 Å². The third kappa shape index (κ3) is 4.28. The minimum absolute atomic E-state index is 0.0108. The average molecular weight is 468 g/mol. The van der Waals surface area contributed by atoms with Gasteiger partial charge in [-0.25, -0.2) is 13.4 Å². The van der Waals surface area contributed by atoms with Crippen LogP contribution in [0.4, 0.5) is 26.3 Å². The van der Waals surface area contributed by atoms with Crippen molar-refractivity contribution in [1.29, 1.82) is 0 Å². The molecular formula is C16H22F6N2O3S2. The molecule has 0 aliphatic heterocycles. The minimum Gasteiger partial charge on any atom is -0.373 e.